The predicted molar refractivity (Wildman–Crippen MR) is 88.7 cm³/mol. The number of anilines is 1. The summed E-state index contributed by atoms with van der Waals surface area (Å²) in [6, 6.07) is 8.43. The van der Waals surface area contributed by atoms with E-state index < -0.39 is 10.0 Å². The minimum Gasteiger partial charge on any atom is -0.451 e. The van der Waals surface area contributed by atoms with Gasteiger partial charge in [0.1, 0.15) is 5.76 Å². The Bertz CT molecular complexity index is 692. The molecule has 21 heavy (non-hydrogen) atoms. The van der Waals surface area contributed by atoms with Crippen LogP contribution in [0.25, 0.3) is 0 Å². The van der Waals surface area contributed by atoms with Gasteiger partial charge in [0.2, 0.25) is 10.0 Å². The van der Waals surface area contributed by atoms with E-state index in [-0.39, 0.29) is 4.90 Å². The minimum absolute atomic E-state index is 0.249. The van der Waals surface area contributed by atoms with Crippen molar-refractivity contribution in [1.29, 1.82) is 0 Å². The van der Waals surface area contributed by atoms with Gasteiger partial charge in [-0.3, -0.25) is 0 Å². The van der Waals surface area contributed by atoms with E-state index in [2.05, 4.69) is 41.9 Å². The molecule has 0 spiro atoms. The lowest BCUT2D eigenvalue weighted by Crippen LogP contribution is -2.23. The van der Waals surface area contributed by atoms with Crippen molar-refractivity contribution in [1.82, 2.24) is 4.72 Å². The molecule has 1 aromatic carbocycles. The Morgan fingerprint density at radius 1 is 1.19 bits per heavy atom. The normalized spacial score (nSPS) is 11.6. The highest BCUT2D eigenvalue weighted by Crippen LogP contribution is 2.27. The smallest absolute Gasteiger partial charge is 0.240 e. The highest BCUT2D eigenvalue weighted by Gasteiger charge is 2.12. The summed E-state index contributed by atoms with van der Waals surface area (Å²) in [4.78, 5) is 0.249. The monoisotopic (exact) mass is 436 g/mol. The topological polar surface area (TPSA) is 71.3 Å². The molecule has 2 aromatic rings. The highest BCUT2D eigenvalue weighted by molar-refractivity contribution is 9.13. The maximum atomic E-state index is 11.8. The third-order valence-corrected chi connectivity index (χ3v) is 5.93. The predicted octanol–water partition coefficient (Wildman–Crippen LogP) is 3.71. The summed E-state index contributed by atoms with van der Waals surface area (Å²) in [5.41, 5.74) is 0.814. The molecule has 0 saturated carbocycles. The lowest BCUT2D eigenvalue weighted by molar-refractivity contribution is 0.494. The summed E-state index contributed by atoms with van der Waals surface area (Å²) in [6.45, 7) is 2.61. The van der Waals surface area contributed by atoms with Gasteiger partial charge in [0.05, 0.1) is 15.9 Å². The van der Waals surface area contributed by atoms with Gasteiger partial charge in [-0.1, -0.05) is 6.92 Å². The molecule has 8 heteroatoms. The van der Waals surface area contributed by atoms with Crippen LogP contribution in [0.1, 0.15) is 12.7 Å². The second-order valence-corrected chi connectivity index (χ2v) is 7.56. The van der Waals surface area contributed by atoms with Gasteiger partial charge in [-0.2, -0.15) is 0 Å². The first-order chi connectivity index (χ1) is 9.92. The standard InChI is InChI=1S/C13H14Br2N2O3S/c1-2-17-21(18,19)11-5-3-9(4-6-11)16-8-10-7-12(14)13(15)20-10/h3-7,16-17H,2,8H2,1H3. The van der Waals surface area contributed by atoms with Crippen LogP contribution in [0, 0.1) is 0 Å². The van der Waals surface area contributed by atoms with Crippen molar-refractivity contribution in [2.45, 2.75) is 18.4 Å². The van der Waals surface area contributed by atoms with Crippen LogP contribution in [0.4, 0.5) is 5.69 Å². The number of furan rings is 1. The third kappa shape index (κ3) is 4.32. The van der Waals surface area contributed by atoms with Crippen molar-refractivity contribution in [3.8, 4) is 0 Å². The molecule has 5 nitrogen and oxygen atoms in total. The molecule has 2 N–H and O–H groups in total. The number of hydrogen-bond donors (Lipinski definition) is 2. The zero-order chi connectivity index (χ0) is 15.5. The van der Waals surface area contributed by atoms with Crippen molar-refractivity contribution < 1.29 is 12.8 Å². The Morgan fingerprint density at radius 2 is 1.86 bits per heavy atom. The first-order valence-electron chi connectivity index (χ1n) is 6.19. The van der Waals surface area contributed by atoms with Crippen molar-refractivity contribution in [2.75, 3.05) is 11.9 Å². The van der Waals surface area contributed by atoms with Gasteiger partial charge < -0.3 is 9.73 Å². The summed E-state index contributed by atoms with van der Waals surface area (Å²) in [5, 5.41) is 3.16. The van der Waals surface area contributed by atoms with E-state index in [9.17, 15) is 8.42 Å². The summed E-state index contributed by atoms with van der Waals surface area (Å²) >= 11 is 6.62. The van der Waals surface area contributed by atoms with Gasteiger partial charge >= 0.3 is 0 Å². The molecule has 0 saturated heterocycles. The van der Waals surface area contributed by atoms with Crippen molar-refractivity contribution in [3.63, 3.8) is 0 Å². The van der Waals surface area contributed by atoms with Gasteiger partial charge in [0.15, 0.2) is 4.67 Å². The molecule has 0 unspecified atom stereocenters. The molecule has 0 aliphatic rings. The maximum absolute atomic E-state index is 11.8. The van der Waals surface area contributed by atoms with Gasteiger partial charge in [0, 0.05) is 12.2 Å². The van der Waals surface area contributed by atoms with Crippen LogP contribution in [0.3, 0.4) is 0 Å². The zero-order valence-electron chi connectivity index (χ0n) is 11.2. The molecule has 0 amide bonds. The lowest BCUT2D eigenvalue weighted by Gasteiger charge is -2.07. The van der Waals surface area contributed by atoms with Crippen LogP contribution in [-0.2, 0) is 16.6 Å². The molecule has 0 bridgehead atoms. The Kier molecular flexibility index (Phi) is 5.48. The maximum Gasteiger partial charge on any atom is 0.240 e. The fourth-order valence-corrected chi connectivity index (χ4v) is 3.39. The number of sulfonamides is 1. The molecule has 0 aliphatic carbocycles. The summed E-state index contributed by atoms with van der Waals surface area (Å²) in [7, 11) is -3.41. The van der Waals surface area contributed by atoms with Crippen molar-refractivity contribution in [3.05, 3.63) is 45.2 Å². The largest absolute Gasteiger partial charge is 0.451 e. The summed E-state index contributed by atoms with van der Waals surface area (Å²) in [5.74, 6) is 0.762. The molecular formula is C13H14Br2N2O3S. The molecule has 2 rings (SSSR count). The molecule has 1 aromatic heterocycles. The molecule has 0 aliphatic heterocycles. The van der Waals surface area contributed by atoms with Crippen LogP contribution in [0.2, 0.25) is 0 Å². The quantitative estimate of drug-likeness (QED) is 0.722. The average molecular weight is 438 g/mol. The van der Waals surface area contributed by atoms with Gasteiger partial charge in [-0.05, 0) is 62.2 Å². The Morgan fingerprint density at radius 3 is 2.38 bits per heavy atom. The summed E-state index contributed by atoms with van der Waals surface area (Å²) in [6.07, 6.45) is 0. The van der Waals surface area contributed by atoms with Crippen molar-refractivity contribution >= 4 is 47.6 Å². The highest BCUT2D eigenvalue weighted by atomic mass is 79.9. The van der Waals surface area contributed by atoms with Crippen LogP contribution in [-0.4, -0.2) is 15.0 Å². The molecule has 0 radical (unpaired) electrons. The SMILES string of the molecule is CCNS(=O)(=O)c1ccc(NCc2cc(Br)c(Br)o2)cc1. The van der Waals surface area contributed by atoms with E-state index >= 15 is 0 Å². The molecular weight excluding hydrogens is 424 g/mol. The molecule has 0 fully saturated rings. The number of halogens is 2. The Balaban J connectivity index is 2.03. The molecule has 114 valence electrons. The second-order valence-electron chi connectivity index (χ2n) is 4.21. The first-order valence-corrected chi connectivity index (χ1v) is 9.26. The third-order valence-electron chi connectivity index (χ3n) is 2.66. The van der Waals surface area contributed by atoms with E-state index in [0.717, 1.165) is 15.9 Å². The Hall–Kier alpha value is -0.830. The number of rotatable bonds is 6. The summed E-state index contributed by atoms with van der Waals surface area (Å²) < 4.78 is 33.0. The average Bonchev–Trinajstić information content (AvgIpc) is 2.76. The van der Waals surface area contributed by atoms with E-state index in [1.165, 1.54) is 0 Å². The van der Waals surface area contributed by atoms with E-state index in [4.69, 9.17) is 4.42 Å². The fourth-order valence-electron chi connectivity index (χ4n) is 1.69. The van der Waals surface area contributed by atoms with Gasteiger partial charge in [-0.25, -0.2) is 13.1 Å². The van der Waals surface area contributed by atoms with E-state index in [1.807, 2.05) is 6.07 Å². The fraction of sp³-hybridized carbons (Fsp3) is 0.231. The molecule has 0 atom stereocenters. The Labute approximate surface area is 140 Å². The van der Waals surface area contributed by atoms with E-state index in [1.54, 1.807) is 31.2 Å². The second kappa shape index (κ2) is 6.95. The number of benzene rings is 1. The lowest BCUT2D eigenvalue weighted by atomic mass is 10.3. The molecule has 1 heterocycles. The number of nitrogens with one attached hydrogen (secondary N) is 2. The van der Waals surface area contributed by atoms with E-state index in [0.29, 0.717) is 17.8 Å². The van der Waals surface area contributed by atoms with Crippen LogP contribution < -0.4 is 10.0 Å². The van der Waals surface area contributed by atoms with Gasteiger partial charge in [0.25, 0.3) is 0 Å². The van der Waals surface area contributed by atoms with Crippen LogP contribution >= 0.6 is 31.9 Å². The van der Waals surface area contributed by atoms with Crippen molar-refractivity contribution in [2.24, 2.45) is 0 Å². The number of hydrogen-bond acceptors (Lipinski definition) is 4. The first kappa shape index (κ1) is 16.5. The van der Waals surface area contributed by atoms with Crippen LogP contribution in [0.5, 0.6) is 0 Å². The van der Waals surface area contributed by atoms with Gasteiger partial charge in [-0.15, -0.1) is 0 Å². The zero-order valence-corrected chi connectivity index (χ0v) is 15.2. The van der Waals surface area contributed by atoms with Crippen LogP contribution in [0.15, 0.2) is 48.8 Å². The minimum atomic E-state index is -3.41.